The lowest BCUT2D eigenvalue weighted by Gasteiger charge is -2.46. The fourth-order valence-electron chi connectivity index (χ4n) is 14.6. The van der Waals surface area contributed by atoms with Gasteiger partial charge in [-0.15, -0.1) is 0 Å². The van der Waals surface area contributed by atoms with Crippen molar-refractivity contribution in [2.45, 2.75) is 232 Å². The molecule has 3 fully saturated rings. The molecular formula is C74H118O5. The molecule has 9 aliphatic rings. The van der Waals surface area contributed by atoms with Crippen LogP contribution in [0.25, 0.3) is 0 Å². The zero-order chi connectivity index (χ0) is 57.9. The van der Waals surface area contributed by atoms with Gasteiger partial charge < -0.3 is 14.6 Å². The van der Waals surface area contributed by atoms with Gasteiger partial charge in [0.25, 0.3) is 0 Å². The van der Waals surface area contributed by atoms with Crippen LogP contribution in [-0.2, 0) is 19.1 Å². The lowest BCUT2D eigenvalue weighted by Crippen LogP contribution is -2.45. The molecule has 0 aliphatic heterocycles. The Morgan fingerprint density at radius 1 is 0.544 bits per heavy atom. The molecule has 1 aromatic carbocycles. The van der Waals surface area contributed by atoms with Crippen LogP contribution in [0.2, 0.25) is 0 Å². The van der Waals surface area contributed by atoms with Crippen LogP contribution in [0.5, 0.6) is 0 Å². The van der Waals surface area contributed by atoms with E-state index in [1.165, 1.54) is 75.3 Å². The van der Waals surface area contributed by atoms with Gasteiger partial charge in [0, 0.05) is 17.8 Å². The highest BCUT2D eigenvalue weighted by atomic mass is 16.5. The average Bonchev–Trinajstić information content (AvgIpc) is 3.45. The molecule has 0 spiro atoms. The van der Waals surface area contributed by atoms with E-state index in [-0.39, 0.29) is 42.1 Å². The maximum absolute atomic E-state index is 12.2. The molecule has 0 radical (unpaired) electrons. The summed E-state index contributed by atoms with van der Waals surface area (Å²) in [6, 6.07) is 10.3. The van der Waals surface area contributed by atoms with Crippen molar-refractivity contribution < 1.29 is 24.2 Å². The molecule has 444 valence electrons. The monoisotopic (exact) mass is 1090 g/mol. The predicted molar refractivity (Wildman–Crippen MR) is 335 cm³/mol. The number of rotatable bonds is 6. The summed E-state index contributed by atoms with van der Waals surface area (Å²) in [6.45, 7) is 35.5. The summed E-state index contributed by atoms with van der Waals surface area (Å²) in [5.41, 5.74) is 4.30. The van der Waals surface area contributed by atoms with E-state index in [1.807, 2.05) is 45.9 Å². The van der Waals surface area contributed by atoms with Crippen LogP contribution in [0, 0.1) is 119 Å². The first-order valence-electron chi connectivity index (χ1n) is 32.9. The van der Waals surface area contributed by atoms with E-state index in [0.717, 1.165) is 68.1 Å². The van der Waals surface area contributed by atoms with Gasteiger partial charge in [-0.25, -0.2) is 0 Å². The average molecular weight is 1090 g/mol. The molecule has 1 aromatic rings. The smallest absolute Gasteiger partial charge is 0.308 e. The van der Waals surface area contributed by atoms with E-state index < -0.39 is 0 Å². The van der Waals surface area contributed by atoms with E-state index >= 15 is 0 Å². The number of carbonyl (C=O) groups is 2. The van der Waals surface area contributed by atoms with Gasteiger partial charge in [-0.2, -0.15) is 0 Å². The Labute approximate surface area is 485 Å². The number of aryl methyl sites for hydroxylation is 1. The minimum atomic E-state index is -0.109. The van der Waals surface area contributed by atoms with E-state index in [0.29, 0.717) is 71.0 Å². The highest BCUT2D eigenvalue weighted by molar-refractivity contribution is 5.72. The number of fused-ring (bicyclic) bond motifs is 4. The Bertz CT molecular complexity index is 2140. The van der Waals surface area contributed by atoms with E-state index in [9.17, 15) is 14.7 Å². The van der Waals surface area contributed by atoms with Gasteiger partial charge in [-0.1, -0.05) is 233 Å². The number of esters is 2. The molecule has 9 aliphatic carbocycles. The lowest BCUT2D eigenvalue weighted by molar-refractivity contribution is -0.163. The first kappa shape index (κ1) is 66.4. The lowest BCUT2D eigenvalue weighted by atomic mass is 9.62. The summed E-state index contributed by atoms with van der Waals surface area (Å²) in [4.78, 5) is 24.2. The van der Waals surface area contributed by atoms with Crippen molar-refractivity contribution in [3.8, 4) is 0 Å². The molecule has 0 heterocycles. The number of carbonyl (C=O) groups excluding carboxylic acids is 2. The number of aliphatic hydroxyl groups is 1. The van der Waals surface area contributed by atoms with Gasteiger partial charge in [-0.3, -0.25) is 9.59 Å². The molecule has 3 saturated carbocycles. The topological polar surface area (TPSA) is 72.8 Å². The zero-order valence-electron chi connectivity index (χ0n) is 53.3. The predicted octanol–water partition coefficient (Wildman–Crippen LogP) is 19.6. The minimum Gasteiger partial charge on any atom is -0.462 e. The molecule has 0 amide bonds. The van der Waals surface area contributed by atoms with Gasteiger partial charge in [0.1, 0.15) is 12.2 Å². The Morgan fingerprint density at radius 2 is 1.09 bits per heavy atom. The summed E-state index contributed by atoms with van der Waals surface area (Å²) in [6.07, 6.45) is 43.3. The fourth-order valence-corrected chi connectivity index (χ4v) is 14.6. The Morgan fingerprint density at radius 3 is 1.65 bits per heavy atom. The molecule has 0 bridgehead atoms. The van der Waals surface area contributed by atoms with Crippen molar-refractivity contribution in [1.82, 2.24) is 0 Å². The Balaban J connectivity index is 0.000000181. The standard InChI is InChI=1S/C18H30O2.C17H28O2.C13H20.C12H18O.C7H14.C7H8/c1-6-12(3)18(19)20-16-10-11(2)9-15-8-7-13(4)14(5)17(15)16;1-5-11(2)17(18)19-15-8-6-7-14-10-9-12(3)13(4)16(14)15;1-9-4-7-13-11(3)10(2)5-6-12(13)8-9;1-8-6-7-10-4-3-5-11(13)12(10)9(8)2;2*1-7-5-3-2-4-6-7/h7-8,11-17H,6,9-10H2,1-5H3;9-16H,5-8H2,1-4H3;5-6,8-11,13H,4,7H2,1-3H3;4,6-9,11-13H,3,5H2,1-2H3;7H,2-6H2,1H3;2-6H,1H3/t11-,12-,13-,14?,15?,16-,17+;11-,12-,13?,14?,15-,16?;9-,10+,11?,13-;8-,9?,11-,12?;;/m0010../s1. The first-order chi connectivity index (χ1) is 37.6. The molecule has 21 atom stereocenters. The first-order valence-corrected chi connectivity index (χ1v) is 32.9. The second kappa shape index (κ2) is 33.0. The number of allylic oxidation sites excluding steroid dienone is 11. The summed E-state index contributed by atoms with van der Waals surface area (Å²) in [5, 5.41) is 9.92. The Hall–Kier alpha value is -3.44. The highest BCUT2D eigenvalue weighted by Crippen LogP contribution is 2.47. The van der Waals surface area contributed by atoms with E-state index in [2.05, 4.69) is 156 Å². The highest BCUT2D eigenvalue weighted by Gasteiger charge is 2.44. The van der Waals surface area contributed by atoms with Crippen LogP contribution in [-0.4, -0.2) is 35.4 Å². The molecule has 1 N–H and O–H groups in total. The molecular weight excluding hydrogens is 969 g/mol. The van der Waals surface area contributed by atoms with Crippen molar-refractivity contribution in [2.24, 2.45) is 112 Å². The quantitative estimate of drug-likeness (QED) is 0.227. The fraction of sp³-hybridized carbons (Fsp3) is 0.730. The number of hydrogen-bond donors (Lipinski definition) is 1. The number of aliphatic hydroxyl groups excluding tert-OH is 1. The number of ether oxygens (including phenoxy) is 2. The SMILES string of the molecule is CC1C2C(=CCC[C@@H]2O)C=C[C@@H]1C.CC1CCCCC1.CC1[C@@H](C)C=CC2=C[C@H](C)CC[C@@H]21.CC[C@H](C)C(=O)O[C@H]1CCCC2C=C[C@H](C)C(C)C21.CC[C@H](C)C(=O)O[C@H]1C[C@@H](C)CC2C=C[C@H](C)C(C)[C@H]21.Cc1ccccc1. The van der Waals surface area contributed by atoms with Crippen molar-refractivity contribution in [3.63, 3.8) is 0 Å². The third kappa shape index (κ3) is 19.6. The second-order valence-electron chi connectivity index (χ2n) is 27.5. The van der Waals surface area contributed by atoms with Gasteiger partial charge in [0.15, 0.2) is 0 Å². The van der Waals surface area contributed by atoms with Crippen molar-refractivity contribution in [1.29, 1.82) is 0 Å². The van der Waals surface area contributed by atoms with Crippen molar-refractivity contribution in [3.05, 3.63) is 108 Å². The Kier molecular flexibility index (Phi) is 27.7. The van der Waals surface area contributed by atoms with E-state index in [4.69, 9.17) is 9.47 Å². The van der Waals surface area contributed by atoms with Crippen LogP contribution in [0.4, 0.5) is 0 Å². The van der Waals surface area contributed by atoms with Gasteiger partial charge in [-0.05, 0) is 172 Å². The van der Waals surface area contributed by atoms with Gasteiger partial charge in [0.2, 0.25) is 0 Å². The van der Waals surface area contributed by atoms with Crippen LogP contribution < -0.4 is 0 Å². The number of hydrogen-bond acceptors (Lipinski definition) is 5. The minimum absolute atomic E-state index is 0.000226. The summed E-state index contributed by atoms with van der Waals surface area (Å²) in [5.74, 6) is 11.3. The van der Waals surface area contributed by atoms with Crippen molar-refractivity contribution >= 4 is 11.9 Å². The molecule has 0 aromatic heterocycles. The third-order valence-corrected chi connectivity index (χ3v) is 21.3. The van der Waals surface area contributed by atoms with Crippen LogP contribution in [0.1, 0.15) is 212 Å². The van der Waals surface area contributed by atoms with Gasteiger partial charge in [0.05, 0.1) is 17.9 Å². The van der Waals surface area contributed by atoms with Crippen molar-refractivity contribution in [2.75, 3.05) is 0 Å². The molecule has 79 heavy (non-hydrogen) atoms. The maximum atomic E-state index is 12.2. The largest absolute Gasteiger partial charge is 0.462 e. The van der Waals surface area contributed by atoms with Gasteiger partial charge >= 0.3 is 11.9 Å². The molecule has 5 nitrogen and oxygen atoms in total. The normalized spacial score (nSPS) is 37.6. The van der Waals surface area contributed by atoms with E-state index in [1.54, 1.807) is 5.57 Å². The zero-order valence-corrected chi connectivity index (χ0v) is 53.3. The molecule has 10 rings (SSSR count). The molecule has 0 saturated heterocycles. The summed E-state index contributed by atoms with van der Waals surface area (Å²) in [7, 11) is 0. The van der Waals surface area contributed by atoms with Crippen LogP contribution in [0.3, 0.4) is 0 Å². The summed E-state index contributed by atoms with van der Waals surface area (Å²) >= 11 is 0. The third-order valence-electron chi connectivity index (χ3n) is 21.3. The molecule has 8 unspecified atom stereocenters. The van der Waals surface area contributed by atoms with Crippen LogP contribution in [0.15, 0.2) is 102 Å². The second-order valence-corrected chi connectivity index (χ2v) is 27.5. The maximum Gasteiger partial charge on any atom is 0.308 e. The number of benzene rings is 1. The van der Waals surface area contributed by atoms with Crippen LogP contribution >= 0.6 is 0 Å². The summed E-state index contributed by atoms with van der Waals surface area (Å²) < 4.78 is 11.8. The molecule has 5 heteroatoms.